The van der Waals surface area contributed by atoms with Crippen molar-refractivity contribution in [2.45, 2.75) is 33.0 Å². The molecular weight excluding hydrogens is 306 g/mol. The maximum atomic E-state index is 12.3. The number of guanidine groups is 1. The van der Waals surface area contributed by atoms with E-state index in [1.54, 1.807) is 7.05 Å². The number of amides is 3. The van der Waals surface area contributed by atoms with Crippen LogP contribution in [-0.2, 0) is 4.79 Å². The summed E-state index contributed by atoms with van der Waals surface area (Å²) in [4.78, 5) is 34.3. The van der Waals surface area contributed by atoms with Gasteiger partial charge in [0.1, 0.15) is 0 Å². The number of imide groups is 1. The van der Waals surface area contributed by atoms with Crippen molar-refractivity contribution >= 4 is 23.6 Å². The zero-order chi connectivity index (χ0) is 17.2. The largest absolute Gasteiger partial charge is 0.325 e. The van der Waals surface area contributed by atoms with Crippen molar-refractivity contribution in [3.63, 3.8) is 0 Å². The van der Waals surface area contributed by atoms with Crippen LogP contribution in [-0.4, -0.2) is 47.0 Å². The summed E-state index contributed by atoms with van der Waals surface area (Å²) < 4.78 is 0. The smallest absolute Gasteiger partial charge is 0.303 e. The number of likely N-dealkylation sites (N-methyl/N-ethyl adjacent to an activating group) is 1. The zero-order valence-corrected chi connectivity index (χ0v) is 14.1. The summed E-state index contributed by atoms with van der Waals surface area (Å²) in [5, 5.41) is 2.39. The summed E-state index contributed by atoms with van der Waals surface area (Å²) in [7, 11) is 1.66. The van der Waals surface area contributed by atoms with Gasteiger partial charge < -0.3 is 9.80 Å². The van der Waals surface area contributed by atoms with E-state index < -0.39 is 18.2 Å². The van der Waals surface area contributed by atoms with Crippen molar-refractivity contribution in [2.24, 2.45) is 4.99 Å². The van der Waals surface area contributed by atoms with Crippen molar-refractivity contribution < 1.29 is 9.59 Å². The number of hydrogen-bond acceptors (Lipinski definition) is 5. The van der Waals surface area contributed by atoms with E-state index in [1.807, 2.05) is 29.8 Å². The number of nitrogens with one attached hydrogen (secondary N) is 1. The SMILES string of the molecule is CC1=CN2C(=NC3C2C(=O)NC(=O)N3C)N1c1cc(C)ccc1C. The molecule has 4 rings (SSSR count). The lowest BCUT2D eigenvalue weighted by atomic mass is 10.1. The zero-order valence-electron chi connectivity index (χ0n) is 14.1. The molecule has 0 spiro atoms. The van der Waals surface area contributed by atoms with Crippen molar-refractivity contribution in [2.75, 3.05) is 11.9 Å². The molecule has 1 aromatic carbocycles. The minimum atomic E-state index is -0.521. The van der Waals surface area contributed by atoms with Gasteiger partial charge in [-0.2, -0.15) is 0 Å². The Morgan fingerprint density at radius 2 is 1.92 bits per heavy atom. The van der Waals surface area contributed by atoms with Gasteiger partial charge in [0, 0.05) is 18.9 Å². The van der Waals surface area contributed by atoms with Crippen molar-refractivity contribution in [3.8, 4) is 0 Å². The summed E-state index contributed by atoms with van der Waals surface area (Å²) in [6, 6.07) is 5.32. The maximum absolute atomic E-state index is 12.3. The Morgan fingerprint density at radius 3 is 2.67 bits per heavy atom. The molecular formula is C17H19N5O2. The fraction of sp³-hybridized carbons (Fsp3) is 0.353. The number of carbonyl (C=O) groups excluding carboxylic acids is 2. The van der Waals surface area contributed by atoms with Crippen LogP contribution in [0.1, 0.15) is 18.1 Å². The van der Waals surface area contributed by atoms with Crippen LogP contribution in [0.2, 0.25) is 0 Å². The van der Waals surface area contributed by atoms with Gasteiger partial charge >= 0.3 is 6.03 Å². The number of allylic oxidation sites excluding steroid dienone is 1. The van der Waals surface area contributed by atoms with Crippen LogP contribution in [0.5, 0.6) is 0 Å². The molecule has 7 nitrogen and oxygen atoms in total. The number of fused-ring (bicyclic) bond motifs is 3. The number of carbonyl (C=O) groups is 2. The number of aliphatic imine (C=N–C) groups is 1. The highest BCUT2D eigenvalue weighted by atomic mass is 16.2. The molecule has 24 heavy (non-hydrogen) atoms. The Labute approximate surface area is 140 Å². The van der Waals surface area contributed by atoms with E-state index in [2.05, 4.69) is 30.4 Å². The predicted octanol–water partition coefficient (Wildman–Crippen LogP) is 1.53. The highest BCUT2D eigenvalue weighted by molar-refractivity contribution is 6.10. The fourth-order valence-electron chi connectivity index (χ4n) is 3.46. The molecule has 3 aliphatic rings. The molecule has 3 heterocycles. The second-order valence-electron chi connectivity index (χ2n) is 6.50. The van der Waals surface area contributed by atoms with Gasteiger partial charge in [0.05, 0.1) is 5.69 Å². The summed E-state index contributed by atoms with van der Waals surface area (Å²) in [6.45, 7) is 6.09. The molecule has 1 aromatic rings. The quantitative estimate of drug-likeness (QED) is 0.850. The molecule has 3 amide bonds. The lowest BCUT2D eigenvalue weighted by Crippen LogP contribution is -2.62. The van der Waals surface area contributed by atoms with E-state index in [-0.39, 0.29) is 5.91 Å². The third-order valence-corrected chi connectivity index (χ3v) is 4.76. The van der Waals surface area contributed by atoms with E-state index in [0.717, 1.165) is 22.5 Å². The number of aryl methyl sites for hydroxylation is 2. The Bertz CT molecular complexity index is 828. The molecule has 2 unspecified atom stereocenters. The van der Waals surface area contributed by atoms with E-state index in [0.29, 0.717) is 5.96 Å². The lowest BCUT2D eigenvalue weighted by molar-refractivity contribution is -0.126. The van der Waals surface area contributed by atoms with Gasteiger partial charge in [-0.3, -0.25) is 15.0 Å². The second-order valence-corrected chi connectivity index (χ2v) is 6.50. The van der Waals surface area contributed by atoms with Crippen LogP contribution in [0.15, 0.2) is 35.1 Å². The topological polar surface area (TPSA) is 68.2 Å². The monoisotopic (exact) mass is 325 g/mol. The predicted molar refractivity (Wildman–Crippen MR) is 90.3 cm³/mol. The highest BCUT2D eigenvalue weighted by Crippen LogP contribution is 2.36. The molecule has 1 N–H and O–H groups in total. The summed E-state index contributed by atoms with van der Waals surface area (Å²) in [5.74, 6) is 0.376. The standard InChI is InChI=1S/C17H19N5O2/c1-9-5-6-10(2)12(7-9)22-11(3)8-21-13-14(18-16(21)22)20(4)17(24)19-15(13)23/h5-8,13-14H,1-4H3,(H,19,23,24). The molecule has 124 valence electrons. The van der Waals surface area contributed by atoms with Gasteiger partial charge in [-0.05, 0) is 38.0 Å². The summed E-state index contributed by atoms with van der Waals surface area (Å²) >= 11 is 0. The highest BCUT2D eigenvalue weighted by Gasteiger charge is 2.51. The average Bonchev–Trinajstić information content (AvgIpc) is 3.02. The van der Waals surface area contributed by atoms with E-state index in [1.165, 1.54) is 4.90 Å². The first-order chi connectivity index (χ1) is 11.4. The van der Waals surface area contributed by atoms with Gasteiger partial charge in [0.25, 0.3) is 5.91 Å². The van der Waals surface area contributed by atoms with Crippen LogP contribution in [0.3, 0.4) is 0 Å². The minimum Gasteiger partial charge on any atom is -0.303 e. The molecule has 1 fully saturated rings. The third kappa shape index (κ3) is 1.87. The number of hydrogen-bond donors (Lipinski definition) is 1. The third-order valence-electron chi connectivity index (χ3n) is 4.76. The average molecular weight is 325 g/mol. The Kier molecular flexibility index (Phi) is 2.97. The van der Waals surface area contributed by atoms with Gasteiger partial charge in [0.2, 0.25) is 5.96 Å². The van der Waals surface area contributed by atoms with Crippen LogP contribution in [0.25, 0.3) is 0 Å². The van der Waals surface area contributed by atoms with Crippen LogP contribution < -0.4 is 10.2 Å². The molecule has 0 bridgehead atoms. The van der Waals surface area contributed by atoms with Crippen molar-refractivity contribution in [1.82, 2.24) is 15.1 Å². The number of urea groups is 1. The van der Waals surface area contributed by atoms with E-state index in [9.17, 15) is 9.59 Å². The fourth-order valence-corrected chi connectivity index (χ4v) is 3.46. The Hall–Kier alpha value is -2.83. The van der Waals surface area contributed by atoms with Gasteiger partial charge in [-0.25, -0.2) is 9.79 Å². The Morgan fingerprint density at radius 1 is 1.17 bits per heavy atom. The lowest BCUT2D eigenvalue weighted by Gasteiger charge is -2.34. The van der Waals surface area contributed by atoms with Gasteiger partial charge in [-0.15, -0.1) is 0 Å². The number of nitrogens with zero attached hydrogens (tertiary/aromatic N) is 4. The van der Waals surface area contributed by atoms with Gasteiger partial charge in [-0.1, -0.05) is 12.1 Å². The molecule has 0 aliphatic carbocycles. The first-order valence-electron chi connectivity index (χ1n) is 7.88. The normalized spacial score (nSPS) is 25.4. The maximum Gasteiger partial charge on any atom is 0.325 e. The molecule has 0 saturated carbocycles. The van der Waals surface area contributed by atoms with Crippen LogP contribution >= 0.6 is 0 Å². The van der Waals surface area contributed by atoms with Crippen LogP contribution in [0, 0.1) is 13.8 Å². The van der Waals surface area contributed by atoms with Crippen molar-refractivity contribution in [3.05, 3.63) is 41.2 Å². The van der Waals surface area contributed by atoms with Crippen molar-refractivity contribution in [1.29, 1.82) is 0 Å². The number of rotatable bonds is 1. The molecule has 0 aromatic heterocycles. The molecule has 3 aliphatic heterocycles. The van der Waals surface area contributed by atoms with E-state index in [4.69, 9.17) is 4.99 Å². The first-order valence-corrected chi connectivity index (χ1v) is 7.88. The molecule has 0 radical (unpaired) electrons. The molecule has 1 saturated heterocycles. The number of benzene rings is 1. The Balaban J connectivity index is 1.80. The van der Waals surface area contributed by atoms with E-state index >= 15 is 0 Å². The molecule has 2 atom stereocenters. The minimum absolute atomic E-state index is 0.311. The summed E-state index contributed by atoms with van der Waals surface area (Å²) in [6.07, 6.45) is 1.42. The van der Waals surface area contributed by atoms with Gasteiger partial charge in [0.15, 0.2) is 12.2 Å². The van der Waals surface area contributed by atoms with Crippen LogP contribution in [0.4, 0.5) is 10.5 Å². The first kappa shape index (κ1) is 14.7. The number of anilines is 1. The molecule has 7 heteroatoms. The summed E-state index contributed by atoms with van der Waals surface area (Å²) in [5.41, 5.74) is 4.32. The second kappa shape index (κ2) is 4.83.